The predicted octanol–water partition coefficient (Wildman–Crippen LogP) is 1.12. The maximum atomic E-state index is 10.7. The van der Waals surface area contributed by atoms with E-state index in [9.17, 15) is 4.79 Å². The first-order valence-electron chi connectivity index (χ1n) is 3.65. The van der Waals surface area contributed by atoms with Crippen molar-refractivity contribution in [2.24, 2.45) is 5.16 Å². The van der Waals surface area contributed by atoms with Crippen molar-refractivity contribution >= 4 is 11.7 Å². The van der Waals surface area contributed by atoms with Crippen LogP contribution < -0.4 is 0 Å². The fourth-order valence-corrected chi connectivity index (χ4v) is 0.903. The van der Waals surface area contributed by atoms with Crippen LogP contribution in [0, 0.1) is 0 Å². The first-order chi connectivity index (χ1) is 6.25. The van der Waals surface area contributed by atoms with Gasteiger partial charge < -0.3 is 9.94 Å². The minimum atomic E-state index is -1.10. The maximum Gasteiger partial charge on any atom is 0.358 e. The molecule has 0 radical (unpaired) electrons. The van der Waals surface area contributed by atoms with Crippen molar-refractivity contribution in [2.45, 2.75) is 0 Å². The number of carboxylic acid groups (broad SMARTS) is 1. The van der Waals surface area contributed by atoms with Gasteiger partial charge in [0.05, 0.1) is 0 Å². The van der Waals surface area contributed by atoms with Crippen LogP contribution in [0.3, 0.4) is 0 Å². The summed E-state index contributed by atoms with van der Waals surface area (Å²) in [5.41, 5.74) is 0.431. The smallest absolute Gasteiger partial charge is 0.358 e. The third-order valence-electron chi connectivity index (χ3n) is 1.43. The Kier molecular flexibility index (Phi) is 3.03. The van der Waals surface area contributed by atoms with Gasteiger partial charge in [-0.15, -0.1) is 0 Å². The number of carbonyl (C=O) groups is 1. The Hall–Kier alpha value is -1.84. The van der Waals surface area contributed by atoms with Gasteiger partial charge in [-0.05, 0) is 0 Å². The summed E-state index contributed by atoms with van der Waals surface area (Å²) in [5, 5.41) is 12.2. The van der Waals surface area contributed by atoms with Gasteiger partial charge in [0, 0.05) is 5.56 Å². The Morgan fingerprint density at radius 3 is 2.46 bits per heavy atom. The molecule has 0 bridgehead atoms. The van der Waals surface area contributed by atoms with Gasteiger partial charge >= 0.3 is 5.97 Å². The van der Waals surface area contributed by atoms with E-state index in [-0.39, 0.29) is 5.71 Å². The first kappa shape index (κ1) is 9.25. The molecule has 1 aromatic rings. The summed E-state index contributed by atoms with van der Waals surface area (Å²) in [4.78, 5) is 15.1. The Bertz CT molecular complexity index is 319. The van der Waals surface area contributed by atoms with E-state index in [0.717, 1.165) is 0 Å². The molecule has 0 aromatic heterocycles. The Morgan fingerprint density at radius 2 is 2.00 bits per heavy atom. The molecule has 0 atom stereocenters. The van der Waals surface area contributed by atoms with Gasteiger partial charge in [0.15, 0.2) is 5.71 Å². The second-order valence-electron chi connectivity index (χ2n) is 2.29. The highest BCUT2D eigenvalue weighted by Gasteiger charge is 2.12. The minimum absolute atomic E-state index is 0.0944. The monoisotopic (exact) mass is 179 g/mol. The number of benzene rings is 1. The molecular formula is C9H9NO3. The van der Waals surface area contributed by atoms with Gasteiger partial charge in [0.2, 0.25) is 0 Å². The lowest BCUT2D eigenvalue weighted by molar-refractivity contribution is -0.129. The summed E-state index contributed by atoms with van der Waals surface area (Å²) >= 11 is 0. The summed E-state index contributed by atoms with van der Waals surface area (Å²) in [7, 11) is 1.31. The van der Waals surface area contributed by atoms with Gasteiger partial charge in [-0.1, -0.05) is 35.5 Å². The van der Waals surface area contributed by atoms with Gasteiger partial charge in [0.1, 0.15) is 7.11 Å². The second-order valence-corrected chi connectivity index (χ2v) is 2.29. The molecule has 0 amide bonds. The molecule has 0 heterocycles. The molecule has 68 valence electrons. The van der Waals surface area contributed by atoms with E-state index in [1.807, 2.05) is 0 Å². The van der Waals surface area contributed by atoms with Crippen LogP contribution in [0.25, 0.3) is 0 Å². The third kappa shape index (κ3) is 2.30. The zero-order chi connectivity index (χ0) is 9.68. The Morgan fingerprint density at radius 1 is 1.38 bits per heavy atom. The molecule has 1 rings (SSSR count). The van der Waals surface area contributed by atoms with Crippen molar-refractivity contribution in [3.8, 4) is 0 Å². The van der Waals surface area contributed by atoms with E-state index >= 15 is 0 Å². The van der Waals surface area contributed by atoms with Crippen LogP contribution in [0.5, 0.6) is 0 Å². The highest BCUT2D eigenvalue weighted by atomic mass is 16.6. The molecule has 0 saturated carbocycles. The topological polar surface area (TPSA) is 58.9 Å². The molecule has 13 heavy (non-hydrogen) atoms. The third-order valence-corrected chi connectivity index (χ3v) is 1.43. The molecule has 0 unspecified atom stereocenters. The minimum Gasteiger partial charge on any atom is -0.476 e. The number of carboxylic acids is 1. The average Bonchev–Trinajstić information content (AvgIpc) is 2.15. The molecule has 0 saturated heterocycles. The lowest BCUT2D eigenvalue weighted by Crippen LogP contribution is -2.14. The summed E-state index contributed by atoms with van der Waals surface area (Å²) in [5.74, 6) is -1.10. The van der Waals surface area contributed by atoms with Crippen molar-refractivity contribution < 1.29 is 14.7 Å². The van der Waals surface area contributed by atoms with Crippen LogP contribution >= 0.6 is 0 Å². The zero-order valence-electron chi connectivity index (χ0n) is 7.10. The number of oxime groups is 1. The number of hydrogen-bond donors (Lipinski definition) is 1. The Labute approximate surface area is 75.4 Å². The predicted molar refractivity (Wildman–Crippen MR) is 47.6 cm³/mol. The van der Waals surface area contributed by atoms with Crippen LogP contribution in [0.15, 0.2) is 35.5 Å². The summed E-state index contributed by atoms with van der Waals surface area (Å²) < 4.78 is 0. The van der Waals surface area contributed by atoms with E-state index in [0.29, 0.717) is 5.56 Å². The summed E-state index contributed by atoms with van der Waals surface area (Å²) in [6.07, 6.45) is 0. The number of aliphatic carboxylic acids is 1. The van der Waals surface area contributed by atoms with Crippen molar-refractivity contribution in [2.75, 3.05) is 7.11 Å². The normalized spacial score (nSPS) is 11.0. The average molecular weight is 179 g/mol. The van der Waals surface area contributed by atoms with E-state index in [2.05, 4.69) is 9.99 Å². The van der Waals surface area contributed by atoms with Gasteiger partial charge in [-0.2, -0.15) is 0 Å². The molecule has 1 aromatic carbocycles. The highest BCUT2D eigenvalue weighted by Crippen LogP contribution is 2.01. The van der Waals surface area contributed by atoms with Gasteiger partial charge in [0.25, 0.3) is 0 Å². The molecule has 0 spiro atoms. The SMILES string of the molecule is CO/N=C(\C(=O)O)c1ccccc1. The first-order valence-corrected chi connectivity index (χ1v) is 3.65. The van der Waals surface area contributed by atoms with Crippen LogP contribution in [0.2, 0.25) is 0 Å². The molecule has 0 aliphatic rings. The fraction of sp³-hybridized carbons (Fsp3) is 0.111. The van der Waals surface area contributed by atoms with Crippen molar-refractivity contribution in [1.82, 2.24) is 0 Å². The standard InChI is InChI=1S/C9H9NO3/c1-13-10-8(9(11)12)7-5-3-2-4-6-7/h2-6H,1H3,(H,11,12)/b10-8-. The molecule has 0 fully saturated rings. The highest BCUT2D eigenvalue weighted by molar-refractivity contribution is 6.42. The van der Waals surface area contributed by atoms with Gasteiger partial charge in [-0.25, -0.2) is 4.79 Å². The quantitative estimate of drug-likeness (QED) is 0.558. The molecule has 4 nitrogen and oxygen atoms in total. The van der Waals surface area contributed by atoms with Crippen molar-refractivity contribution in [3.63, 3.8) is 0 Å². The van der Waals surface area contributed by atoms with Crippen LogP contribution in [0.4, 0.5) is 0 Å². The molecule has 0 aliphatic heterocycles. The zero-order valence-corrected chi connectivity index (χ0v) is 7.10. The van der Waals surface area contributed by atoms with Crippen LogP contribution in [0.1, 0.15) is 5.56 Å². The largest absolute Gasteiger partial charge is 0.476 e. The van der Waals surface area contributed by atoms with E-state index in [4.69, 9.17) is 5.11 Å². The van der Waals surface area contributed by atoms with Crippen molar-refractivity contribution in [3.05, 3.63) is 35.9 Å². The van der Waals surface area contributed by atoms with Gasteiger partial charge in [-0.3, -0.25) is 0 Å². The summed E-state index contributed by atoms with van der Waals surface area (Å²) in [6, 6.07) is 8.60. The lowest BCUT2D eigenvalue weighted by Gasteiger charge is -1.98. The second kappa shape index (κ2) is 4.25. The van der Waals surface area contributed by atoms with Crippen molar-refractivity contribution in [1.29, 1.82) is 0 Å². The summed E-state index contributed by atoms with van der Waals surface area (Å²) in [6.45, 7) is 0. The van der Waals surface area contributed by atoms with Crippen LogP contribution in [-0.4, -0.2) is 23.9 Å². The molecular weight excluding hydrogens is 170 g/mol. The van der Waals surface area contributed by atoms with E-state index < -0.39 is 5.97 Å². The number of nitrogens with zero attached hydrogens (tertiary/aromatic N) is 1. The van der Waals surface area contributed by atoms with Crippen LogP contribution in [-0.2, 0) is 9.63 Å². The number of rotatable bonds is 3. The maximum absolute atomic E-state index is 10.7. The molecule has 1 N–H and O–H groups in total. The fourth-order valence-electron chi connectivity index (χ4n) is 0.903. The lowest BCUT2D eigenvalue weighted by atomic mass is 10.1. The Balaban J connectivity index is 3.03. The van der Waals surface area contributed by atoms with E-state index in [1.54, 1.807) is 30.3 Å². The molecule has 4 heteroatoms. The number of hydrogen-bond acceptors (Lipinski definition) is 3. The van der Waals surface area contributed by atoms with E-state index in [1.165, 1.54) is 7.11 Å². The molecule has 0 aliphatic carbocycles.